The molecule has 1 aromatic rings. The minimum absolute atomic E-state index is 0.118. The first-order valence-electron chi connectivity index (χ1n) is 6.34. The zero-order valence-electron chi connectivity index (χ0n) is 10.5. The summed E-state index contributed by atoms with van der Waals surface area (Å²) in [7, 11) is 0. The van der Waals surface area contributed by atoms with Crippen LogP contribution in [-0.2, 0) is 4.79 Å². The Bertz CT molecular complexity index is 482. The molecule has 102 valence electrons. The number of benzene rings is 1. The number of nitrogens with one attached hydrogen (secondary N) is 1. The van der Waals surface area contributed by atoms with Crippen LogP contribution in [0.4, 0.5) is 0 Å². The maximum atomic E-state index is 11.7. The zero-order chi connectivity index (χ0) is 13.7. The number of halogens is 2. The molecule has 0 radical (unpaired) electrons. The summed E-state index contributed by atoms with van der Waals surface area (Å²) in [5, 5.41) is 2.96. The lowest BCUT2D eigenvalue weighted by Gasteiger charge is -2.26. The normalized spacial score (nSPS) is 16.7. The van der Waals surface area contributed by atoms with Crippen molar-refractivity contribution in [1.29, 1.82) is 0 Å². The average molecular weight is 299 g/mol. The third-order valence-corrected chi connectivity index (χ3v) is 3.73. The van der Waals surface area contributed by atoms with Crippen molar-refractivity contribution >= 4 is 35.2 Å². The molecule has 1 N–H and O–H groups in total. The molecule has 1 heterocycles. The van der Waals surface area contributed by atoms with E-state index in [0.717, 1.165) is 31.5 Å². The highest BCUT2D eigenvalue weighted by molar-refractivity contribution is 6.42. The summed E-state index contributed by atoms with van der Waals surface area (Å²) in [5.41, 5.74) is 3.71. The van der Waals surface area contributed by atoms with E-state index in [1.54, 1.807) is 18.2 Å². The topological polar surface area (TPSA) is 32.3 Å². The van der Waals surface area contributed by atoms with E-state index in [-0.39, 0.29) is 5.91 Å². The molecule has 3 nitrogen and oxygen atoms in total. The fourth-order valence-corrected chi connectivity index (χ4v) is 2.29. The largest absolute Gasteiger partial charge is 0.285 e. The SMILES string of the molecule is O=C(/C=C/c1ccc(Cl)c(Cl)c1)NN1CCCCC1. The molecule has 0 atom stereocenters. The van der Waals surface area contributed by atoms with Crippen LogP contribution in [0.5, 0.6) is 0 Å². The van der Waals surface area contributed by atoms with Gasteiger partial charge in [0.1, 0.15) is 0 Å². The lowest BCUT2D eigenvalue weighted by atomic mass is 10.2. The lowest BCUT2D eigenvalue weighted by Crippen LogP contribution is -2.44. The van der Waals surface area contributed by atoms with Crippen LogP contribution in [0.1, 0.15) is 24.8 Å². The van der Waals surface area contributed by atoms with Crippen molar-refractivity contribution < 1.29 is 4.79 Å². The van der Waals surface area contributed by atoms with Crippen LogP contribution in [0.2, 0.25) is 10.0 Å². The van der Waals surface area contributed by atoms with Gasteiger partial charge in [0.15, 0.2) is 0 Å². The second-order valence-corrected chi connectivity index (χ2v) is 5.35. The Labute approximate surface area is 123 Å². The molecule has 1 fully saturated rings. The summed E-state index contributed by atoms with van der Waals surface area (Å²) in [6, 6.07) is 5.26. The Hall–Kier alpha value is -1.03. The van der Waals surface area contributed by atoms with Crippen LogP contribution in [0, 0.1) is 0 Å². The molecule has 2 rings (SSSR count). The molecule has 1 aromatic carbocycles. The summed E-state index contributed by atoms with van der Waals surface area (Å²) in [5.74, 6) is -0.118. The first-order valence-corrected chi connectivity index (χ1v) is 7.09. The standard InChI is InChI=1S/C14H16Cl2N2O/c15-12-6-4-11(10-13(12)16)5-7-14(19)17-18-8-2-1-3-9-18/h4-7,10H,1-3,8-9H2,(H,17,19)/b7-5+. The van der Waals surface area contributed by atoms with Crippen LogP contribution in [0.3, 0.4) is 0 Å². The highest BCUT2D eigenvalue weighted by atomic mass is 35.5. The van der Waals surface area contributed by atoms with Gasteiger partial charge in [-0.25, -0.2) is 5.01 Å². The van der Waals surface area contributed by atoms with Crippen molar-refractivity contribution in [2.75, 3.05) is 13.1 Å². The van der Waals surface area contributed by atoms with Crippen LogP contribution in [0.15, 0.2) is 24.3 Å². The van der Waals surface area contributed by atoms with Crippen LogP contribution < -0.4 is 5.43 Å². The summed E-state index contributed by atoms with van der Waals surface area (Å²) < 4.78 is 0. The number of hydrazine groups is 1. The van der Waals surface area contributed by atoms with Crippen molar-refractivity contribution in [3.63, 3.8) is 0 Å². The Morgan fingerprint density at radius 3 is 2.58 bits per heavy atom. The Morgan fingerprint density at radius 1 is 1.16 bits per heavy atom. The number of amides is 1. The smallest absolute Gasteiger partial charge is 0.258 e. The molecule has 0 spiro atoms. The summed E-state index contributed by atoms with van der Waals surface area (Å²) in [4.78, 5) is 11.7. The van der Waals surface area contributed by atoms with E-state index < -0.39 is 0 Å². The number of carbonyl (C=O) groups is 1. The quantitative estimate of drug-likeness (QED) is 0.866. The van der Waals surface area contributed by atoms with Crippen molar-refractivity contribution in [3.8, 4) is 0 Å². The van der Waals surface area contributed by atoms with E-state index in [1.165, 1.54) is 12.5 Å². The van der Waals surface area contributed by atoms with Crippen molar-refractivity contribution in [2.24, 2.45) is 0 Å². The van der Waals surface area contributed by atoms with E-state index >= 15 is 0 Å². The van der Waals surface area contributed by atoms with Crippen molar-refractivity contribution in [3.05, 3.63) is 39.9 Å². The summed E-state index contributed by atoms with van der Waals surface area (Å²) >= 11 is 11.7. The molecule has 1 aliphatic heterocycles. The van der Waals surface area contributed by atoms with E-state index in [4.69, 9.17) is 23.2 Å². The van der Waals surface area contributed by atoms with E-state index in [9.17, 15) is 4.79 Å². The minimum Gasteiger partial charge on any atom is -0.285 e. The highest BCUT2D eigenvalue weighted by Crippen LogP contribution is 2.23. The zero-order valence-corrected chi connectivity index (χ0v) is 12.0. The number of piperidine rings is 1. The van der Waals surface area contributed by atoms with Crippen molar-refractivity contribution in [1.82, 2.24) is 10.4 Å². The van der Waals surface area contributed by atoms with Gasteiger partial charge in [-0.3, -0.25) is 10.2 Å². The maximum absolute atomic E-state index is 11.7. The predicted octanol–water partition coefficient (Wildman–Crippen LogP) is 3.52. The molecule has 1 amide bonds. The van der Waals surface area contributed by atoms with E-state index in [2.05, 4.69) is 5.43 Å². The molecular formula is C14H16Cl2N2O. The molecule has 0 bridgehead atoms. The van der Waals surface area contributed by atoms with Gasteiger partial charge in [0.05, 0.1) is 10.0 Å². The molecule has 1 saturated heterocycles. The molecule has 1 aliphatic rings. The number of carbonyl (C=O) groups excluding carboxylic acids is 1. The highest BCUT2D eigenvalue weighted by Gasteiger charge is 2.10. The van der Waals surface area contributed by atoms with Gasteiger partial charge in [-0.15, -0.1) is 0 Å². The molecule has 0 saturated carbocycles. The number of hydrogen-bond donors (Lipinski definition) is 1. The van der Waals surface area contributed by atoms with Crippen molar-refractivity contribution in [2.45, 2.75) is 19.3 Å². The third-order valence-electron chi connectivity index (χ3n) is 3.00. The predicted molar refractivity (Wildman–Crippen MR) is 79.1 cm³/mol. The minimum atomic E-state index is -0.118. The second-order valence-electron chi connectivity index (χ2n) is 4.53. The molecule has 19 heavy (non-hydrogen) atoms. The Kier molecular flexibility index (Phi) is 5.25. The average Bonchev–Trinajstić information content (AvgIpc) is 2.41. The molecule has 0 aromatic heterocycles. The van der Waals surface area contributed by atoms with Gasteiger partial charge in [-0.05, 0) is 36.6 Å². The first-order chi connectivity index (χ1) is 9.15. The molecular weight excluding hydrogens is 283 g/mol. The number of rotatable bonds is 3. The number of hydrogen-bond acceptors (Lipinski definition) is 2. The van der Waals surface area contributed by atoms with E-state index in [0.29, 0.717) is 10.0 Å². The van der Waals surface area contributed by atoms with Crippen LogP contribution >= 0.6 is 23.2 Å². The van der Waals surface area contributed by atoms with E-state index in [1.807, 2.05) is 11.1 Å². The molecule has 0 unspecified atom stereocenters. The summed E-state index contributed by atoms with van der Waals surface area (Å²) in [6.45, 7) is 1.85. The van der Waals surface area contributed by atoms with Gasteiger partial charge >= 0.3 is 0 Å². The third kappa shape index (κ3) is 4.53. The fourth-order valence-electron chi connectivity index (χ4n) is 1.99. The van der Waals surface area contributed by atoms with Gasteiger partial charge in [-0.2, -0.15) is 0 Å². The Balaban J connectivity index is 1.90. The van der Waals surface area contributed by atoms with Gasteiger partial charge in [-0.1, -0.05) is 35.7 Å². The molecule has 5 heteroatoms. The van der Waals surface area contributed by atoms with Gasteiger partial charge in [0.25, 0.3) is 5.91 Å². The number of nitrogens with zero attached hydrogens (tertiary/aromatic N) is 1. The lowest BCUT2D eigenvalue weighted by molar-refractivity contribution is -0.121. The monoisotopic (exact) mass is 298 g/mol. The summed E-state index contributed by atoms with van der Waals surface area (Å²) in [6.07, 6.45) is 6.74. The van der Waals surface area contributed by atoms with Crippen LogP contribution in [-0.4, -0.2) is 24.0 Å². The van der Waals surface area contributed by atoms with Crippen LogP contribution in [0.25, 0.3) is 6.08 Å². The van der Waals surface area contributed by atoms with Gasteiger partial charge in [0.2, 0.25) is 0 Å². The maximum Gasteiger partial charge on any atom is 0.258 e. The second kappa shape index (κ2) is 6.94. The Morgan fingerprint density at radius 2 is 1.89 bits per heavy atom. The fraction of sp³-hybridized carbons (Fsp3) is 0.357. The molecule has 0 aliphatic carbocycles. The van der Waals surface area contributed by atoms with Gasteiger partial charge in [0, 0.05) is 19.2 Å². The van der Waals surface area contributed by atoms with Gasteiger partial charge < -0.3 is 0 Å². The first kappa shape index (κ1) is 14.4.